The van der Waals surface area contributed by atoms with Crippen molar-refractivity contribution in [1.82, 2.24) is 0 Å². The lowest BCUT2D eigenvalue weighted by molar-refractivity contribution is 0.660. The van der Waals surface area contributed by atoms with E-state index >= 15 is 0 Å². The Labute approximate surface area is 688 Å². The molecule has 0 atom stereocenters. The van der Waals surface area contributed by atoms with Crippen LogP contribution in [0.3, 0.4) is 0 Å². The summed E-state index contributed by atoms with van der Waals surface area (Å²) in [6.07, 6.45) is 0. The first-order valence-electron chi connectivity index (χ1n) is 40.8. The first-order chi connectivity index (χ1) is 58.0. The summed E-state index contributed by atoms with van der Waals surface area (Å²) >= 11 is 0. The van der Waals surface area contributed by atoms with Crippen molar-refractivity contribution in [2.24, 2.45) is 0 Å². The van der Waals surface area contributed by atoms with E-state index in [1.165, 1.54) is 111 Å². The molecule has 0 radical (unpaired) electrons. The Kier molecular flexibility index (Phi) is 17.6. The summed E-state index contributed by atoms with van der Waals surface area (Å²) in [5.41, 5.74) is 39.7. The maximum absolute atomic E-state index is 6.26. The van der Waals surface area contributed by atoms with Crippen molar-refractivity contribution in [3.8, 4) is 111 Å². The molecular weight excluding hydrogens is 1430 g/mol. The fourth-order valence-corrected chi connectivity index (χ4v) is 18.4. The third kappa shape index (κ3) is 12.7. The minimum atomic E-state index is -0.179. The summed E-state index contributed by atoms with van der Waals surface area (Å²) in [6, 6.07) is 154. The van der Waals surface area contributed by atoms with Crippen LogP contribution in [0.4, 0.5) is 34.1 Å². The van der Waals surface area contributed by atoms with Gasteiger partial charge in [0.05, 0.1) is 0 Å². The molecule has 0 aliphatic heterocycles. The van der Waals surface area contributed by atoms with Crippen LogP contribution in [0, 0.1) is 0 Å². The molecule has 2 aliphatic carbocycles. The van der Waals surface area contributed by atoms with E-state index < -0.39 is 0 Å². The predicted molar refractivity (Wildman–Crippen MR) is 495 cm³/mol. The van der Waals surface area contributed by atoms with Gasteiger partial charge in [0, 0.05) is 66.5 Å². The molecule has 18 aromatic carbocycles. The zero-order valence-corrected chi connectivity index (χ0v) is 66.1. The molecular formula is C114H82N2O2. The highest BCUT2D eigenvalue weighted by atomic mass is 16.3. The summed E-state index contributed by atoms with van der Waals surface area (Å²) in [6.45, 7) is 9.47. The number of benzene rings is 18. The lowest BCUT2D eigenvalue weighted by Gasteiger charge is -2.28. The highest BCUT2D eigenvalue weighted by Crippen LogP contribution is 2.55. The van der Waals surface area contributed by atoms with E-state index in [0.29, 0.717) is 0 Å². The maximum atomic E-state index is 6.26. The largest absolute Gasteiger partial charge is 0.456 e. The van der Waals surface area contributed by atoms with Gasteiger partial charge in [-0.15, -0.1) is 0 Å². The van der Waals surface area contributed by atoms with E-state index in [1.807, 2.05) is 24.3 Å². The van der Waals surface area contributed by atoms with Crippen molar-refractivity contribution in [3.63, 3.8) is 0 Å². The van der Waals surface area contributed by atoms with Crippen LogP contribution in [0.1, 0.15) is 49.9 Å². The van der Waals surface area contributed by atoms with E-state index in [9.17, 15) is 0 Å². The molecule has 2 heterocycles. The SMILES string of the molecule is CC1(C)c2cc(-c3ccccc3)ccc2-c2ccc(N(c3ccc(-c4ccc5c(c4)oc4ccccc45)cc3)c3ccc(-c4ccccc4-c4ccccc4)cc3)cc21.CC1(C)c2cc(-c3ccccc3)ccc2-c2ccc(N(c3ccc(-c4cccc(-c5ccccc5)c4)cc3)c3ccc(-c4ccc5c(c4)oc4ccccc45)cc3)cc21. The van der Waals surface area contributed by atoms with Gasteiger partial charge in [-0.3, -0.25) is 0 Å². The number of rotatable bonds is 14. The van der Waals surface area contributed by atoms with Gasteiger partial charge in [0.2, 0.25) is 0 Å². The zero-order chi connectivity index (χ0) is 79.0. The van der Waals surface area contributed by atoms with Gasteiger partial charge >= 0.3 is 0 Å². The number of furan rings is 2. The summed E-state index contributed by atoms with van der Waals surface area (Å²) in [5.74, 6) is 0. The summed E-state index contributed by atoms with van der Waals surface area (Å²) in [4.78, 5) is 4.79. The van der Waals surface area contributed by atoms with Crippen molar-refractivity contribution in [1.29, 1.82) is 0 Å². The molecule has 0 fully saturated rings. The Morgan fingerprint density at radius 1 is 0.161 bits per heavy atom. The van der Waals surface area contributed by atoms with E-state index in [2.05, 4.69) is 438 Å². The van der Waals surface area contributed by atoms with Crippen molar-refractivity contribution in [2.45, 2.75) is 38.5 Å². The molecule has 2 aliphatic rings. The number of nitrogens with zero attached hydrogens (tertiary/aromatic N) is 2. The van der Waals surface area contributed by atoms with Crippen LogP contribution < -0.4 is 9.80 Å². The molecule has 20 aromatic rings. The standard InChI is InChI=1S/2C57H41NO/c1-57(2)53-35-42(38-13-5-3-6-14-38)25-32-49(53)50-34-31-46(37-54(50)57)58(45-29-23-41(24-30-45)48-18-10-9-17-47(48)40-15-7-4-8-16-40)44-27-21-39(22-28-44)43-26-33-52-51-19-11-12-20-55(51)59-56(52)36-43;1-57(2)53-35-44(39-14-7-4-8-15-39)24-31-49(53)50-33-30-48(37-54(50)57)58(46-26-20-40(21-27-46)43-17-11-16-42(34-43)38-12-5-3-6-13-38)47-28-22-41(23-29-47)45-25-32-52-51-18-9-10-19-55(51)59-56(52)36-45/h2*3-37H,1-2H3. The van der Waals surface area contributed by atoms with Crippen LogP contribution in [0.25, 0.3) is 155 Å². The Morgan fingerprint density at radius 2 is 0.407 bits per heavy atom. The third-order valence-corrected chi connectivity index (χ3v) is 24.6. The van der Waals surface area contributed by atoms with Gasteiger partial charge < -0.3 is 18.6 Å². The average molecular weight is 1510 g/mol. The summed E-state index contributed by atoms with van der Waals surface area (Å²) < 4.78 is 12.5. The van der Waals surface area contributed by atoms with Gasteiger partial charge in [-0.25, -0.2) is 0 Å². The summed E-state index contributed by atoms with van der Waals surface area (Å²) in [5, 5.41) is 4.57. The Balaban J connectivity index is 0.000000147. The van der Waals surface area contributed by atoms with Gasteiger partial charge in [0.25, 0.3) is 0 Å². The van der Waals surface area contributed by atoms with E-state index in [0.717, 1.165) is 100 Å². The Morgan fingerprint density at radius 3 is 0.788 bits per heavy atom. The molecule has 0 N–H and O–H groups in total. The minimum absolute atomic E-state index is 0.177. The number of para-hydroxylation sites is 2. The number of fused-ring (bicyclic) bond motifs is 12. The van der Waals surface area contributed by atoms with E-state index in [-0.39, 0.29) is 10.8 Å². The number of anilines is 6. The maximum Gasteiger partial charge on any atom is 0.136 e. The first-order valence-corrected chi connectivity index (χ1v) is 40.8. The smallest absolute Gasteiger partial charge is 0.136 e. The van der Waals surface area contributed by atoms with Crippen molar-refractivity contribution < 1.29 is 8.83 Å². The lowest BCUT2D eigenvalue weighted by Crippen LogP contribution is -2.16. The minimum Gasteiger partial charge on any atom is -0.456 e. The van der Waals surface area contributed by atoms with Crippen molar-refractivity contribution in [2.75, 3.05) is 9.80 Å². The topological polar surface area (TPSA) is 32.8 Å². The van der Waals surface area contributed by atoms with Crippen LogP contribution in [-0.4, -0.2) is 0 Å². The highest BCUT2D eigenvalue weighted by Gasteiger charge is 2.38. The fourth-order valence-electron chi connectivity index (χ4n) is 18.4. The molecule has 0 spiro atoms. The molecule has 0 bridgehead atoms. The second-order valence-corrected chi connectivity index (χ2v) is 32.3. The predicted octanol–water partition coefficient (Wildman–Crippen LogP) is 32.1. The van der Waals surface area contributed by atoms with Gasteiger partial charge in [0.1, 0.15) is 22.3 Å². The molecule has 0 saturated heterocycles. The van der Waals surface area contributed by atoms with Crippen LogP contribution in [-0.2, 0) is 10.8 Å². The average Bonchev–Trinajstić information content (AvgIpc) is 1.58. The molecule has 0 saturated carbocycles. The molecule has 0 unspecified atom stereocenters. The molecule has 118 heavy (non-hydrogen) atoms. The van der Waals surface area contributed by atoms with Crippen LogP contribution in [0.15, 0.2) is 433 Å². The van der Waals surface area contributed by atoms with Crippen LogP contribution >= 0.6 is 0 Å². The highest BCUT2D eigenvalue weighted by molar-refractivity contribution is 6.07. The molecule has 2 aromatic heterocycles. The molecule has 0 amide bonds. The lowest BCUT2D eigenvalue weighted by atomic mass is 9.81. The first kappa shape index (κ1) is 71.0. The number of hydrogen-bond donors (Lipinski definition) is 0. The zero-order valence-electron chi connectivity index (χ0n) is 66.1. The van der Waals surface area contributed by atoms with Crippen molar-refractivity contribution in [3.05, 3.63) is 447 Å². The van der Waals surface area contributed by atoms with Gasteiger partial charge in [0.15, 0.2) is 0 Å². The number of hydrogen-bond acceptors (Lipinski definition) is 4. The monoisotopic (exact) mass is 1510 g/mol. The molecule has 4 heteroatoms. The Hall–Kier alpha value is -14.8. The molecule has 22 rings (SSSR count). The molecule has 4 nitrogen and oxygen atoms in total. The molecule has 560 valence electrons. The second kappa shape index (κ2) is 29.2. The fraction of sp³-hybridized carbons (Fsp3) is 0.0526. The van der Waals surface area contributed by atoms with Gasteiger partial charge in [-0.05, 0) is 261 Å². The third-order valence-electron chi connectivity index (χ3n) is 24.6. The summed E-state index contributed by atoms with van der Waals surface area (Å²) in [7, 11) is 0. The quantitative estimate of drug-likeness (QED) is 0.109. The normalized spacial score (nSPS) is 12.7. The van der Waals surface area contributed by atoms with Crippen LogP contribution in [0.5, 0.6) is 0 Å². The van der Waals surface area contributed by atoms with Gasteiger partial charge in [-0.2, -0.15) is 0 Å². The second-order valence-electron chi connectivity index (χ2n) is 32.3. The van der Waals surface area contributed by atoms with Crippen molar-refractivity contribution >= 4 is 78.0 Å². The van der Waals surface area contributed by atoms with E-state index in [4.69, 9.17) is 8.83 Å². The van der Waals surface area contributed by atoms with Gasteiger partial charge in [-0.1, -0.05) is 325 Å². The van der Waals surface area contributed by atoms with Crippen LogP contribution in [0.2, 0.25) is 0 Å². The van der Waals surface area contributed by atoms with E-state index in [1.54, 1.807) is 0 Å². The Bertz CT molecular complexity index is 7180.